The first-order valence-corrected chi connectivity index (χ1v) is 8.03. The molecule has 20 heavy (non-hydrogen) atoms. The summed E-state index contributed by atoms with van der Waals surface area (Å²) in [6.07, 6.45) is 2.62. The summed E-state index contributed by atoms with van der Waals surface area (Å²) in [6, 6.07) is 7.88. The number of hydrogen-bond donors (Lipinski definition) is 1. The molecule has 2 rings (SSSR count). The van der Waals surface area contributed by atoms with Crippen molar-refractivity contribution in [3.8, 4) is 0 Å². The van der Waals surface area contributed by atoms with E-state index in [0.717, 1.165) is 48.9 Å². The van der Waals surface area contributed by atoms with Gasteiger partial charge in [-0.3, -0.25) is 0 Å². The highest BCUT2D eigenvalue weighted by Gasteiger charge is 2.30. The summed E-state index contributed by atoms with van der Waals surface area (Å²) in [7, 11) is 1.79. The van der Waals surface area contributed by atoms with E-state index >= 15 is 0 Å². The Bertz CT molecular complexity index is 440. The van der Waals surface area contributed by atoms with Crippen molar-refractivity contribution < 1.29 is 9.84 Å². The lowest BCUT2D eigenvalue weighted by atomic mass is 9.94. The van der Waals surface area contributed by atoms with Crippen LogP contribution in [-0.2, 0) is 4.74 Å². The molecule has 1 fully saturated rings. The lowest BCUT2D eigenvalue weighted by Crippen LogP contribution is -2.47. The van der Waals surface area contributed by atoms with Gasteiger partial charge in [0, 0.05) is 24.7 Å². The molecule has 1 heterocycles. The van der Waals surface area contributed by atoms with Crippen LogP contribution in [0.25, 0.3) is 0 Å². The van der Waals surface area contributed by atoms with E-state index in [-0.39, 0.29) is 5.60 Å². The SMILES string of the molecule is COC1(C)CCCN(CCC(O)c2ccccc2Br)C1. The van der Waals surface area contributed by atoms with Gasteiger partial charge in [0.1, 0.15) is 0 Å². The maximum Gasteiger partial charge on any atom is 0.0813 e. The number of aliphatic hydroxyl groups is 1. The number of ether oxygens (including phenoxy) is 1. The number of piperidine rings is 1. The van der Waals surface area contributed by atoms with Crippen molar-refractivity contribution >= 4 is 15.9 Å². The molecule has 0 radical (unpaired) electrons. The summed E-state index contributed by atoms with van der Waals surface area (Å²) in [4.78, 5) is 2.40. The van der Waals surface area contributed by atoms with Crippen molar-refractivity contribution in [2.75, 3.05) is 26.7 Å². The molecule has 2 unspecified atom stereocenters. The second kappa shape index (κ2) is 7.03. The fraction of sp³-hybridized carbons (Fsp3) is 0.625. The first kappa shape index (κ1) is 16.0. The fourth-order valence-electron chi connectivity index (χ4n) is 2.87. The smallest absolute Gasteiger partial charge is 0.0813 e. The molecule has 2 atom stereocenters. The van der Waals surface area contributed by atoms with Crippen molar-refractivity contribution in [3.63, 3.8) is 0 Å². The van der Waals surface area contributed by atoms with Crippen LogP contribution in [-0.4, -0.2) is 42.4 Å². The van der Waals surface area contributed by atoms with Gasteiger partial charge in [-0.1, -0.05) is 34.1 Å². The molecule has 0 bridgehead atoms. The first-order valence-electron chi connectivity index (χ1n) is 7.24. The standard InChI is InChI=1S/C16H24BrNO2/c1-16(20-2)9-5-10-18(12-16)11-8-15(19)13-6-3-4-7-14(13)17/h3-4,6-7,15,19H,5,8-12H2,1-2H3. The van der Waals surface area contributed by atoms with E-state index in [1.165, 1.54) is 0 Å². The van der Waals surface area contributed by atoms with Crippen LogP contribution in [0, 0.1) is 0 Å². The predicted molar refractivity (Wildman–Crippen MR) is 84.8 cm³/mol. The molecule has 0 aromatic heterocycles. The van der Waals surface area contributed by atoms with Gasteiger partial charge in [-0.2, -0.15) is 0 Å². The highest BCUT2D eigenvalue weighted by atomic mass is 79.9. The molecule has 3 nitrogen and oxygen atoms in total. The van der Waals surface area contributed by atoms with Gasteiger partial charge in [0.25, 0.3) is 0 Å². The van der Waals surface area contributed by atoms with E-state index in [2.05, 4.69) is 27.8 Å². The van der Waals surface area contributed by atoms with Crippen LogP contribution in [0.4, 0.5) is 0 Å². The zero-order valence-corrected chi connectivity index (χ0v) is 13.9. The number of rotatable bonds is 5. The molecule has 0 spiro atoms. The number of aliphatic hydroxyl groups excluding tert-OH is 1. The zero-order chi connectivity index (χ0) is 14.6. The van der Waals surface area contributed by atoms with Gasteiger partial charge in [-0.25, -0.2) is 0 Å². The number of methoxy groups -OCH3 is 1. The lowest BCUT2D eigenvalue weighted by Gasteiger charge is -2.39. The molecule has 1 aliphatic heterocycles. The van der Waals surface area contributed by atoms with Gasteiger partial charge in [0.2, 0.25) is 0 Å². The second-order valence-corrected chi connectivity index (χ2v) is 6.71. The summed E-state index contributed by atoms with van der Waals surface area (Å²) in [5.74, 6) is 0. The summed E-state index contributed by atoms with van der Waals surface area (Å²) in [6.45, 7) is 5.12. The molecule has 1 aromatic rings. The van der Waals surface area contributed by atoms with Gasteiger partial charge in [-0.05, 0) is 44.4 Å². The van der Waals surface area contributed by atoms with Crippen LogP contribution in [0.1, 0.15) is 37.9 Å². The van der Waals surface area contributed by atoms with Crippen molar-refractivity contribution in [1.82, 2.24) is 4.90 Å². The van der Waals surface area contributed by atoms with E-state index in [1.807, 2.05) is 24.3 Å². The third-order valence-electron chi connectivity index (χ3n) is 4.21. The van der Waals surface area contributed by atoms with Crippen LogP contribution >= 0.6 is 15.9 Å². The quantitative estimate of drug-likeness (QED) is 0.891. The first-order chi connectivity index (χ1) is 9.54. The Hall–Kier alpha value is -0.420. The minimum atomic E-state index is -0.415. The largest absolute Gasteiger partial charge is 0.388 e. The maximum absolute atomic E-state index is 10.3. The van der Waals surface area contributed by atoms with Crippen LogP contribution in [0.3, 0.4) is 0 Å². The minimum absolute atomic E-state index is 0.0312. The third kappa shape index (κ3) is 4.04. The van der Waals surface area contributed by atoms with Crippen molar-refractivity contribution in [2.45, 2.75) is 37.9 Å². The Balaban J connectivity index is 1.87. The molecule has 0 aliphatic carbocycles. The van der Waals surface area contributed by atoms with Crippen molar-refractivity contribution in [2.24, 2.45) is 0 Å². The highest BCUT2D eigenvalue weighted by Crippen LogP contribution is 2.27. The minimum Gasteiger partial charge on any atom is -0.388 e. The van der Waals surface area contributed by atoms with Gasteiger partial charge in [0.15, 0.2) is 0 Å². The number of likely N-dealkylation sites (tertiary alicyclic amines) is 1. The molecular formula is C16H24BrNO2. The van der Waals surface area contributed by atoms with Gasteiger partial charge in [-0.15, -0.1) is 0 Å². The molecule has 112 valence electrons. The van der Waals surface area contributed by atoms with Crippen molar-refractivity contribution in [1.29, 1.82) is 0 Å². The molecule has 0 saturated carbocycles. The highest BCUT2D eigenvalue weighted by molar-refractivity contribution is 9.10. The second-order valence-electron chi connectivity index (χ2n) is 5.86. The molecule has 1 aromatic carbocycles. The monoisotopic (exact) mass is 341 g/mol. The van der Waals surface area contributed by atoms with Crippen LogP contribution < -0.4 is 0 Å². The zero-order valence-electron chi connectivity index (χ0n) is 12.3. The van der Waals surface area contributed by atoms with Gasteiger partial charge in [0.05, 0.1) is 11.7 Å². The Kier molecular flexibility index (Phi) is 5.61. The van der Waals surface area contributed by atoms with Crippen LogP contribution in [0.15, 0.2) is 28.7 Å². The Labute approximate surface area is 130 Å². The Morgan fingerprint density at radius 1 is 1.45 bits per heavy atom. The van der Waals surface area contributed by atoms with E-state index in [4.69, 9.17) is 4.74 Å². The Morgan fingerprint density at radius 3 is 2.90 bits per heavy atom. The molecule has 1 saturated heterocycles. The van der Waals surface area contributed by atoms with Crippen LogP contribution in [0.5, 0.6) is 0 Å². The molecular weight excluding hydrogens is 318 g/mol. The maximum atomic E-state index is 10.3. The Morgan fingerprint density at radius 2 is 2.20 bits per heavy atom. The number of benzene rings is 1. The predicted octanol–water partition coefficient (Wildman–Crippen LogP) is 3.37. The fourth-order valence-corrected chi connectivity index (χ4v) is 3.42. The number of hydrogen-bond acceptors (Lipinski definition) is 3. The normalized spacial score (nSPS) is 25.6. The van der Waals surface area contributed by atoms with E-state index in [1.54, 1.807) is 7.11 Å². The summed E-state index contributed by atoms with van der Waals surface area (Å²) >= 11 is 3.50. The average Bonchev–Trinajstić information content (AvgIpc) is 2.45. The molecule has 4 heteroatoms. The van der Waals surface area contributed by atoms with E-state index in [9.17, 15) is 5.11 Å². The van der Waals surface area contributed by atoms with E-state index < -0.39 is 6.10 Å². The summed E-state index contributed by atoms with van der Waals surface area (Å²) in [5, 5.41) is 10.3. The molecule has 1 aliphatic rings. The van der Waals surface area contributed by atoms with E-state index in [0.29, 0.717) is 0 Å². The summed E-state index contributed by atoms with van der Waals surface area (Å²) < 4.78 is 6.59. The van der Waals surface area contributed by atoms with Crippen LogP contribution in [0.2, 0.25) is 0 Å². The third-order valence-corrected chi connectivity index (χ3v) is 4.94. The van der Waals surface area contributed by atoms with Gasteiger partial charge >= 0.3 is 0 Å². The number of nitrogens with zero attached hydrogens (tertiary/aromatic N) is 1. The number of halogens is 1. The van der Waals surface area contributed by atoms with Crippen molar-refractivity contribution in [3.05, 3.63) is 34.3 Å². The topological polar surface area (TPSA) is 32.7 Å². The molecule has 0 amide bonds. The molecule has 1 N–H and O–H groups in total. The lowest BCUT2D eigenvalue weighted by molar-refractivity contribution is -0.0528. The average molecular weight is 342 g/mol. The van der Waals surface area contributed by atoms with Gasteiger partial charge < -0.3 is 14.7 Å². The summed E-state index contributed by atoms with van der Waals surface area (Å²) in [5.41, 5.74) is 0.940.